The van der Waals surface area contributed by atoms with Crippen LogP contribution < -0.4 is 5.19 Å². The summed E-state index contributed by atoms with van der Waals surface area (Å²) in [5.74, 6) is 0. The Morgan fingerprint density at radius 1 is 1.23 bits per heavy atom. The van der Waals surface area contributed by atoms with Crippen LogP contribution in [0.5, 0.6) is 0 Å². The van der Waals surface area contributed by atoms with Gasteiger partial charge < -0.3 is 4.43 Å². The van der Waals surface area contributed by atoms with Crippen molar-refractivity contribution in [2.24, 2.45) is 0 Å². The largest absolute Gasteiger partial charge is 0.416 e. The van der Waals surface area contributed by atoms with E-state index in [2.05, 4.69) is 45.0 Å². The van der Waals surface area contributed by atoms with E-state index < -0.39 is 9.76 Å². The molecule has 72 valence electrons. The van der Waals surface area contributed by atoms with Crippen molar-refractivity contribution in [3.05, 3.63) is 29.8 Å². The zero-order chi connectivity index (χ0) is 9.68. The number of hydrogen-bond donors (Lipinski definition) is 0. The lowest BCUT2D eigenvalue weighted by Crippen LogP contribution is -2.20. The second-order valence-corrected chi connectivity index (χ2v) is 4.97. The van der Waals surface area contributed by atoms with E-state index in [0.29, 0.717) is 6.10 Å². The van der Waals surface area contributed by atoms with Gasteiger partial charge in [0.2, 0.25) is 0 Å². The van der Waals surface area contributed by atoms with E-state index >= 15 is 0 Å². The highest BCUT2D eigenvalue weighted by atomic mass is 28.2. The van der Waals surface area contributed by atoms with Crippen LogP contribution >= 0.6 is 0 Å². The molecule has 0 saturated heterocycles. The quantitative estimate of drug-likeness (QED) is 0.658. The third kappa shape index (κ3) is 3.74. The van der Waals surface area contributed by atoms with Gasteiger partial charge in [-0.15, -0.1) is 0 Å². The van der Waals surface area contributed by atoms with E-state index in [-0.39, 0.29) is 0 Å². The topological polar surface area (TPSA) is 9.23 Å². The molecule has 1 aromatic carbocycles. The number of aryl methyl sites for hydroxylation is 1. The standard InChI is InChI=1S/C11H18OSi/c1-4-10-5-7-11(8-6-10)13-12-9(2)3/h5-9H,4,13H2,1-3H3. The molecule has 0 fully saturated rings. The summed E-state index contributed by atoms with van der Waals surface area (Å²) in [5, 5.41) is 1.39. The Kier molecular flexibility index (Phi) is 4.19. The fraction of sp³-hybridized carbons (Fsp3) is 0.455. The first kappa shape index (κ1) is 10.5. The van der Waals surface area contributed by atoms with Gasteiger partial charge in [0.05, 0.1) is 0 Å². The Morgan fingerprint density at radius 2 is 1.85 bits per heavy atom. The summed E-state index contributed by atoms with van der Waals surface area (Å²) < 4.78 is 5.64. The van der Waals surface area contributed by atoms with E-state index in [9.17, 15) is 0 Å². The summed E-state index contributed by atoms with van der Waals surface area (Å²) in [7, 11) is -0.483. The maximum atomic E-state index is 5.64. The second kappa shape index (κ2) is 5.20. The van der Waals surface area contributed by atoms with Crippen molar-refractivity contribution < 1.29 is 4.43 Å². The van der Waals surface area contributed by atoms with Crippen LogP contribution in [-0.2, 0) is 10.8 Å². The maximum Gasteiger partial charge on any atom is 0.192 e. The molecule has 0 aliphatic heterocycles. The van der Waals surface area contributed by atoms with Crippen LogP contribution in [0, 0.1) is 0 Å². The molecule has 0 bridgehead atoms. The zero-order valence-electron chi connectivity index (χ0n) is 8.71. The molecule has 0 amide bonds. The lowest BCUT2D eigenvalue weighted by Gasteiger charge is -2.07. The Hall–Kier alpha value is -0.603. The van der Waals surface area contributed by atoms with Gasteiger partial charge in [0.1, 0.15) is 0 Å². The molecular weight excluding hydrogens is 176 g/mol. The number of benzene rings is 1. The van der Waals surface area contributed by atoms with E-state index in [1.54, 1.807) is 0 Å². The minimum absolute atomic E-state index is 0.373. The van der Waals surface area contributed by atoms with Crippen molar-refractivity contribution in [2.75, 3.05) is 0 Å². The maximum absolute atomic E-state index is 5.64. The summed E-state index contributed by atoms with van der Waals surface area (Å²) >= 11 is 0. The van der Waals surface area contributed by atoms with Gasteiger partial charge in [0.15, 0.2) is 9.76 Å². The van der Waals surface area contributed by atoms with Gasteiger partial charge in [0.25, 0.3) is 0 Å². The molecule has 0 saturated carbocycles. The van der Waals surface area contributed by atoms with Gasteiger partial charge in [-0.3, -0.25) is 0 Å². The predicted molar refractivity (Wildman–Crippen MR) is 60.2 cm³/mol. The fourth-order valence-corrected chi connectivity index (χ4v) is 2.09. The lowest BCUT2D eigenvalue weighted by atomic mass is 10.2. The van der Waals surface area contributed by atoms with E-state index in [0.717, 1.165) is 6.42 Å². The molecule has 0 N–H and O–H groups in total. The molecule has 2 heteroatoms. The van der Waals surface area contributed by atoms with Crippen LogP contribution in [0.1, 0.15) is 26.3 Å². The molecule has 0 aromatic heterocycles. The minimum Gasteiger partial charge on any atom is -0.416 e. The first-order valence-electron chi connectivity index (χ1n) is 4.91. The molecule has 1 aromatic rings. The molecule has 0 unspecified atom stereocenters. The van der Waals surface area contributed by atoms with E-state index in [1.807, 2.05) is 0 Å². The Balaban J connectivity index is 2.49. The molecule has 0 heterocycles. The van der Waals surface area contributed by atoms with Crippen molar-refractivity contribution in [1.29, 1.82) is 0 Å². The minimum atomic E-state index is -0.483. The third-order valence-electron chi connectivity index (χ3n) is 2.01. The average Bonchev–Trinajstić information content (AvgIpc) is 2.15. The van der Waals surface area contributed by atoms with Crippen molar-refractivity contribution in [2.45, 2.75) is 33.3 Å². The van der Waals surface area contributed by atoms with Crippen LogP contribution in [0.3, 0.4) is 0 Å². The second-order valence-electron chi connectivity index (χ2n) is 3.53. The van der Waals surface area contributed by atoms with Crippen LogP contribution in [0.25, 0.3) is 0 Å². The van der Waals surface area contributed by atoms with Gasteiger partial charge in [-0.2, -0.15) is 0 Å². The van der Waals surface area contributed by atoms with Crippen molar-refractivity contribution >= 4 is 14.9 Å². The van der Waals surface area contributed by atoms with Gasteiger partial charge in [-0.05, 0) is 31.0 Å². The van der Waals surface area contributed by atoms with Crippen LogP contribution in [-0.4, -0.2) is 15.9 Å². The van der Waals surface area contributed by atoms with Crippen molar-refractivity contribution in [3.8, 4) is 0 Å². The normalized spacial score (nSPS) is 11.7. The van der Waals surface area contributed by atoms with Crippen molar-refractivity contribution in [3.63, 3.8) is 0 Å². The smallest absolute Gasteiger partial charge is 0.192 e. The highest BCUT2D eigenvalue weighted by Gasteiger charge is 1.96. The molecule has 1 nitrogen and oxygen atoms in total. The van der Waals surface area contributed by atoms with Crippen LogP contribution in [0.4, 0.5) is 0 Å². The fourth-order valence-electron chi connectivity index (χ4n) is 1.13. The first-order chi connectivity index (χ1) is 6.22. The van der Waals surface area contributed by atoms with Crippen molar-refractivity contribution in [1.82, 2.24) is 0 Å². The van der Waals surface area contributed by atoms with Gasteiger partial charge in [0, 0.05) is 6.10 Å². The third-order valence-corrected chi connectivity index (χ3v) is 3.65. The Bertz CT molecular complexity index is 241. The molecule has 0 aliphatic rings. The molecule has 13 heavy (non-hydrogen) atoms. The first-order valence-corrected chi connectivity index (χ1v) is 6.20. The lowest BCUT2D eigenvalue weighted by molar-refractivity contribution is 0.260. The zero-order valence-corrected chi connectivity index (χ0v) is 10.1. The van der Waals surface area contributed by atoms with Crippen LogP contribution in [0.2, 0.25) is 0 Å². The predicted octanol–water partition coefficient (Wildman–Crippen LogP) is 1.38. The van der Waals surface area contributed by atoms with Gasteiger partial charge in [-0.25, -0.2) is 0 Å². The Labute approximate surface area is 83.1 Å². The number of rotatable bonds is 4. The Morgan fingerprint density at radius 3 is 2.31 bits per heavy atom. The molecule has 0 spiro atoms. The molecule has 0 aliphatic carbocycles. The summed E-state index contributed by atoms with van der Waals surface area (Å²) in [6.45, 7) is 6.36. The molecular formula is C11H18OSi. The summed E-state index contributed by atoms with van der Waals surface area (Å²) in [5.41, 5.74) is 1.40. The summed E-state index contributed by atoms with van der Waals surface area (Å²) in [6.07, 6.45) is 1.49. The monoisotopic (exact) mass is 194 g/mol. The highest BCUT2D eigenvalue weighted by molar-refractivity contribution is 6.46. The summed E-state index contributed by atoms with van der Waals surface area (Å²) in [4.78, 5) is 0. The number of hydrogen-bond acceptors (Lipinski definition) is 1. The molecule has 0 atom stereocenters. The van der Waals surface area contributed by atoms with Gasteiger partial charge >= 0.3 is 0 Å². The molecule has 1 rings (SSSR count). The molecule has 0 radical (unpaired) electrons. The summed E-state index contributed by atoms with van der Waals surface area (Å²) in [6, 6.07) is 8.80. The highest BCUT2D eigenvalue weighted by Crippen LogP contribution is 1.97. The average molecular weight is 194 g/mol. The van der Waals surface area contributed by atoms with E-state index in [1.165, 1.54) is 10.8 Å². The van der Waals surface area contributed by atoms with Crippen LogP contribution in [0.15, 0.2) is 24.3 Å². The SMILES string of the molecule is CCc1ccc([SiH2]OC(C)C)cc1. The van der Waals surface area contributed by atoms with Gasteiger partial charge in [-0.1, -0.05) is 31.2 Å². The van der Waals surface area contributed by atoms with E-state index in [4.69, 9.17) is 4.43 Å².